The summed E-state index contributed by atoms with van der Waals surface area (Å²) in [6.07, 6.45) is 3.77. The maximum atomic E-state index is 11.5. The molecule has 0 aliphatic heterocycles. The van der Waals surface area contributed by atoms with Crippen molar-refractivity contribution >= 4 is 11.6 Å². The zero-order chi connectivity index (χ0) is 43.2. The molecular formula is C55H52IrN4O2+3. The third-order valence-corrected chi connectivity index (χ3v) is 9.87. The van der Waals surface area contributed by atoms with Gasteiger partial charge in [-0.15, -0.1) is 0 Å². The molecule has 0 saturated carbocycles. The van der Waals surface area contributed by atoms with E-state index in [1.807, 2.05) is 163 Å². The van der Waals surface area contributed by atoms with E-state index in [9.17, 15) is 9.59 Å². The number of rotatable bonds is 8. The number of carbonyl (C=O) groups is 2. The van der Waals surface area contributed by atoms with E-state index in [1.54, 1.807) is 0 Å². The monoisotopic (exact) mass is 993 g/mol. The van der Waals surface area contributed by atoms with E-state index >= 15 is 0 Å². The second kappa shape index (κ2) is 21.8. The second-order valence-electron chi connectivity index (χ2n) is 16.6. The van der Waals surface area contributed by atoms with E-state index < -0.39 is 10.8 Å². The van der Waals surface area contributed by atoms with E-state index in [1.165, 1.54) is 0 Å². The Bertz CT molecular complexity index is 2440. The van der Waals surface area contributed by atoms with Crippen LogP contribution in [0, 0.1) is 10.8 Å². The first-order valence-electron chi connectivity index (χ1n) is 20.5. The van der Waals surface area contributed by atoms with Gasteiger partial charge in [0.1, 0.15) is 11.6 Å². The standard InChI is InChI=1S/2C22H16N2.C11H20O2.Ir/c2*1-4-10-17(11-5-1)20-16-23-21(18-12-6-2-7-13-18)22(24-20)19-14-8-3-9-15-19;1-10(2,3)8(12)7-9(13)11(4,5)6;/h2*1-16H;7H2,1-6H3;/q;;;+3. The molecule has 0 bridgehead atoms. The van der Waals surface area contributed by atoms with Crippen molar-refractivity contribution in [2.75, 3.05) is 0 Å². The molecule has 0 atom stereocenters. The summed E-state index contributed by atoms with van der Waals surface area (Å²) in [6.45, 7) is 11.0. The van der Waals surface area contributed by atoms with Crippen LogP contribution in [0.25, 0.3) is 67.5 Å². The smallest absolute Gasteiger partial charge is 0.299 e. The molecule has 0 spiro atoms. The normalized spacial score (nSPS) is 10.8. The Morgan fingerprint density at radius 2 is 0.581 bits per heavy atom. The van der Waals surface area contributed by atoms with E-state index in [0.717, 1.165) is 67.5 Å². The fourth-order valence-electron chi connectivity index (χ4n) is 6.16. The molecule has 6 nitrogen and oxygen atoms in total. The van der Waals surface area contributed by atoms with Crippen molar-refractivity contribution in [3.8, 4) is 67.5 Å². The Morgan fingerprint density at radius 1 is 0.355 bits per heavy atom. The predicted octanol–water partition coefficient (Wildman–Crippen LogP) is 13.6. The first-order chi connectivity index (χ1) is 29.4. The Labute approximate surface area is 380 Å². The van der Waals surface area contributed by atoms with Gasteiger partial charge in [-0.05, 0) is 0 Å². The molecule has 310 valence electrons. The van der Waals surface area contributed by atoms with Crippen LogP contribution < -0.4 is 0 Å². The minimum Gasteiger partial charge on any atom is -0.299 e. The summed E-state index contributed by atoms with van der Waals surface area (Å²) >= 11 is 0. The van der Waals surface area contributed by atoms with Gasteiger partial charge in [-0.3, -0.25) is 19.6 Å². The first-order valence-corrected chi connectivity index (χ1v) is 20.5. The number of aromatic nitrogens is 4. The Kier molecular flexibility index (Phi) is 16.4. The molecule has 0 amide bonds. The number of hydrogen-bond donors (Lipinski definition) is 0. The Balaban J connectivity index is 0.000000183. The maximum absolute atomic E-state index is 11.5. The van der Waals surface area contributed by atoms with Crippen molar-refractivity contribution in [2.24, 2.45) is 10.8 Å². The zero-order valence-corrected chi connectivity index (χ0v) is 38.5. The molecule has 0 aliphatic carbocycles. The van der Waals surface area contributed by atoms with Gasteiger partial charge in [0, 0.05) is 44.2 Å². The van der Waals surface area contributed by atoms with Crippen molar-refractivity contribution in [1.29, 1.82) is 0 Å². The molecule has 62 heavy (non-hydrogen) atoms. The van der Waals surface area contributed by atoms with Crippen LogP contribution in [0.15, 0.2) is 194 Å². The van der Waals surface area contributed by atoms with E-state index in [2.05, 4.69) is 72.8 Å². The van der Waals surface area contributed by atoms with Gasteiger partial charge in [-0.25, -0.2) is 9.97 Å². The van der Waals surface area contributed by atoms with Gasteiger partial charge in [0.25, 0.3) is 0 Å². The second-order valence-corrected chi connectivity index (χ2v) is 16.6. The molecule has 8 aromatic rings. The number of ketones is 2. The quantitative estimate of drug-likeness (QED) is 0.141. The van der Waals surface area contributed by atoms with Gasteiger partial charge < -0.3 is 0 Å². The van der Waals surface area contributed by atoms with Crippen LogP contribution in [-0.2, 0) is 29.7 Å². The SMILES string of the molecule is CC(C)(C)C(=O)CC(=O)C(C)(C)C.[Ir+3].c1ccc(-c2cnc(-c3ccccc3)c(-c3ccccc3)n2)cc1.c1ccc(-c2cnc(-c3ccccc3)c(-c3ccccc3)n2)cc1. The topological polar surface area (TPSA) is 85.7 Å². The number of carbonyl (C=O) groups excluding carboxylic acids is 2. The fourth-order valence-corrected chi connectivity index (χ4v) is 6.16. The van der Waals surface area contributed by atoms with Crippen LogP contribution in [-0.4, -0.2) is 31.5 Å². The van der Waals surface area contributed by atoms with Crippen LogP contribution in [0.2, 0.25) is 0 Å². The van der Waals surface area contributed by atoms with Crippen molar-refractivity contribution in [1.82, 2.24) is 19.9 Å². The third kappa shape index (κ3) is 12.7. The maximum Gasteiger partial charge on any atom is 3.00 e. The zero-order valence-electron chi connectivity index (χ0n) is 36.1. The van der Waals surface area contributed by atoms with Crippen LogP contribution in [0.5, 0.6) is 0 Å². The summed E-state index contributed by atoms with van der Waals surface area (Å²) < 4.78 is 0. The van der Waals surface area contributed by atoms with Crippen LogP contribution in [0.4, 0.5) is 0 Å². The molecule has 0 saturated heterocycles. The molecule has 2 heterocycles. The minimum absolute atomic E-state index is 0. The molecular weight excluding hydrogens is 941 g/mol. The molecule has 0 radical (unpaired) electrons. The van der Waals surface area contributed by atoms with Gasteiger partial charge in [-0.2, -0.15) is 0 Å². The summed E-state index contributed by atoms with van der Waals surface area (Å²) in [4.78, 5) is 42.3. The molecule has 0 fully saturated rings. The number of nitrogens with zero attached hydrogens (tertiary/aromatic N) is 4. The van der Waals surface area contributed by atoms with Gasteiger partial charge >= 0.3 is 20.1 Å². The van der Waals surface area contributed by atoms with Crippen LogP contribution in [0.1, 0.15) is 48.0 Å². The fraction of sp³-hybridized carbons (Fsp3) is 0.164. The molecule has 0 N–H and O–H groups in total. The first kappa shape index (κ1) is 46.5. The average Bonchev–Trinajstić information content (AvgIpc) is 3.30. The van der Waals surface area contributed by atoms with Crippen LogP contribution in [0.3, 0.4) is 0 Å². The number of Topliss-reactive ketones (excluding diaryl/α,β-unsaturated/α-hetero) is 2. The van der Waals surface area contributed by atoms with Gasteiger partial charge in [-0.1, -0.05) is 224 Å². The molecule has 0 unspecified atom stereocenters. The van der Waals surface area contributed by atoms with Crippen molar-refractivity contribution in [3.63, 3.8) is 0 Å². The minimum atomic E-state index is -0.402. The van der Waals surface area contributed by atoms with Gasteiger partial charge in [0.2, 0.25) is 0 Å². The molecule has 7 heteroatoms. The van der Waals surface area contributed by atoms with Gasteiger partial charge in [0.05, 0.1) is 53.0 Å². The van der Waals surface area contributed by atoms with Crippen molar-refractivity contribution < 1.29 is 29.7 Å². The summed E-state index contributed by atoms with van der Waals surface area (Å²) in [5, 5.41) is 0. The number of hydrogen-bond acceptors (Lipinski definition) is 6. The number of benzene rings is 6. The Hall–Kier alpha value is -6.53. The molecule has 8 rings (SSSR count). The molecule has 0 aliphatic rings. The largest absolute Gasteiger partial charge is 3.00 e. The predicted molar refractivity (Wildman–Crippen MR) is 250 cm³/mol. The van der Waals surface area contributed by atoms with Gasteiger partial charge in [0.15, 0.2) is 0 Å². The van der Waals surface area contributed by atoms with Crippen molar-refractivity contribution in [3.05, 3.63) is 194 Å². The summed E-state index contributed by atoms with van der Waals surface area (Å²) in [5.74, 6) is 0.0415. The summed E-state index contributed by atoms with van der Waals surface area (Å²) in [5.41, 5.74) is 11.0. The van der Waals surface area contributed by atoms with E-state index in [-0.39, 0.29) is 38.1 Å². The van der Waals surface area contributed by atoms with Crippen LogP contribution >= 0.6 is 0 Å². The van der Waals surface area contributed by atoms with Crippen molar-refractivity contribution in [2.45, 2.75) is 48.0 Å². The average molecular weight is 993 g/mol. The summed E-state index contributed by atoms with van der Waals surface area (Å²) in [6, 6.07) is 61.1. The molecule has 6 aromatic carbocycles. The third-order valence-electron chi connectivity index (χ3n) is 9.87. The van der Waals surface area contributed by atoms with E-state index in [4.69, 9.17) is 19.9 Å². The van der Waals surface area contributed by atoms with E-state index in [0.29, 0.717) is 0 Å². The Morgan fingerprint density at radius 3 is 0.823 bits per heavy atom. The summed E-state index contributed by atoms with van der Waals surface area (Å²) in [7, 11) is 0. The molecule has 2 aromatic heterocycles.